The number of aryl methyl sites for hydroxylation is 5. The molecule has 7 aromatic rings. The predicted octanol–water partition coefficient (Wildman–Crippen LogP) is 8.40. The Morgan fingerprint density at radius 3 is 2.45 bits per heavy atom. The minimum atomic E-state index is -0.479. The Bertz CT molecular complexity index is 3030. The first kappa shape index (κ1) is 44.0. The molecule has 2 aliphatic heterocycles. The second kappa shape index (κ2) is 18.3. The van der Waals surface area contributed by atoms with Gasteiger partial charge < -0.3 is 19.8 Å². The van der Waals surface area contributed by atoms with Crippen LogP contribution in [0.3, 0.4) is 0 Å². The van der Waals surface area contributed by atoms with E-state index >= 15 is 0 Å². The topological polar surface area (TPSA) is 146 Å². The number of carbonyl (C=O) groups excluding carboxylic acids is 2. The lowest BCUT2D eigenvalue weighted by atomic mass is 9.99. The number of Topliss-reactive ketones (excluding diaryl/α,β-unsaturated/α-hetero) is 1. The standard InChI is InChI=1S/C50H53ClN10O3S/c1-7-8-34-23-29(2)54-49(64)41(34)28-53-48(63)40-24-36(25-43-39(40)16-17-58(43)6)35-11-14-44(52-27-35)60-21-19-59(20-22-60)18-15-38(62)26-42-47-57-56-32(5)61(47)50-45(30(3)31(4)65-50)46(55-42)33-9-12-37(51)13-10-33/h9-14,16-17,23-25,27,42H,7-8,15,18-22,26,28H2,1-6H3,(H,53,63)(H,54,64). The van der Waals surface area contributed by atoms with Crippen molar-refractivity contribution in [3.05, 3.63) is 144 Å². The van der Waals surface area contributed by atoms with Gasteiger partial charge in [-0.15, -0.1) is 21.5 Å². The lowest BCUT2D eigenvalue weighted by Gasteiger charge is -2.35. The quantitative estimate of drug-likeness (QED) is 0.117. The number of carbonyl (C=O) groups is 2. The molecule has 2 aliphatic rings. The smallest absolute Gasteiger partial charge is 0.253 e. The van der Waals surface area contributed by atoms with Crippen molar-refractivity contribution < 1.29 is 9.59 Å². The number of hydrogen-bond donors (Lipinski definition) is 2. The van der Waals surface area contributed by atoms with E-state index in [1.807, 2.05) is 86.4 Å². The van der Waals surface area contributed by atoms with E-state index in [1.54, 1.807) is 11.3 Å². The Balaban J connectivity index is 0.842. The fraction of sp³-hybridized carbons (Fsp3) is 0.340. The lowest BCUT2D eigenvalue weighted by molar-refractivity contribution is -0.119. The summed E-state index contributed by atoms with van der Waals surface area (Å²) in [6.45, 7) is 14.1. The van der Waals surface area contributed by atoms with Crippen molar-refractivity contribution in [3.63, 3.8) is 0 Å². The number of amides is 1. The minimum absolute atomic E-state index is 0.135. The molecule has 7 heterocycles. The number of H-pyrrole nitrogens is 1. The average Bonchev–Trinajstić information content (AvgIpc) is 3.94. The van der Waals surface area contributed by atoms with Crippen LogP contribution in [0.15, 0.2) is 82.8 Å². The molecule has 2 aromatic carbocycles. The van der Waals surface area contributed by atoms with Gasteiger partial charge in [-0.05, 0) is 99.3 Å². The normalized spacial score (nSPS) is 15.2. The van der Waals surface area contributed by atoms with Crippen LogP contribution in [0.5, 0.6) is 0 Å². The third-order valence-electron chi connectivity index (χ3n) is 12.8. The molecule has 0 aliphatic carbocycles. The van der Waals surface area contributed by atoms with Gasteiger partial charge in [-0.1, -0.05) is 37.1 Å². The Morgan fingerprint density at radius 2 is 1.71 bits per heavy atom. The van der Waals surface area contributed by atoms with Crippen molar-refractivity contribution in [2.24, 2.45) is 12.0 Å². The molecule has 1 unspecified atom stereocenters. The van der Waals surface area contributed by atoms with Crippen molar-refractivity contribution >= 4 is 57.1 Å². The van der Waals surface area contributed by atoms with Crippen LogP contribution in [0.25, 0.3) is 27.0 Å². The molecule has 1 fully saturated rings. The maximum absolute atomic E-state index is 13.8. The summed E-state index contributed by atoms with van der Waals surface area (Å²) < 4.78 is 4.09. The zero-order chi connectivity index (χ0) is 45.5. The molecule has 5 aromatic heterocycles. The molecule has 0 radical (unpaired) electrons. The predicted molar refractivity (Wildman–Crippen MR) is 259 cm³/mol. The monoisotopic (exact) mass is 908 g/mol. The maximum Gasteiger partial charge on any atom is 0.253 e. The molecular formula is C50H53ClN10O3S. The first-order chi connectivity index (χ1) is 31.4. The molecule has 1 saturated heterocycles. The van der Waals surface area contributed by atoms with Crippen molar-refractivity contribution in [2.75, 3.05) is 37.6 Å². The first-order valence-corrected chi connectivity index (χ1v) is 23.5. The number of ketones is 1. The third kappa shape index (κ3) is 8.82. The molecule has 15 heteroatoms. The van der Waals surface area contributed by atoms with E-state index in [-0.39, 0.29) is 30.2 Å². The summed E-state index contributed by atoms with van der Waals surface area (Å²) in [5, 5.41) is 14.6. The Kier molecular flexibility index (Phi) is 12.4. The van der Waals surface area contributed by atoms with Gasteiger partial charge >= 0.3 is 0 Å². The van der Waals surface area contributed by atoms with Gasteiger partial charge in [-0.2, -0.15) is 0 Å². The molecule has 0 bridgehead atoms. The SMILES string of the molecule is CCCc1cc(C)[nH]c(=O)c1CNC(=O)c1cc(-c2ccc(N3CCN(CCC(=O)CC4N=C(c5ccc(Cl)cc5)c5c(sc(C)c5C)-n5c(C)nnc54)CC3)nc2)cc2c1ccn2C. The summed E-state index contributed by atoms with van der Waals surface area (Å²) in [6, 6.07) is 19.3. The van der Waals surface area contributed by atoms with Crippen LogP contribution in [0, 0.1) is 27.7 Å². The molecule has 0 saturated carbocycles. The zero-order valence-electron chi connectivity index (χ0n) is 37.7. The number of nitrogens with one attached hydrogen (secondary N) is 2. The van der Waals surface area contributed by atoms with Crippen molar-refractivity contribution in [1.29, 1.82) is 0 Å². The van der Waals surface area contributed by atoms with Crippen LogP contribution in [-0.4, -0.2) is 84.3 Å². The van der Waals surface area contributed by atoms with E-state index < -0.39 is 6.04 Å². The van der Waals surface area contributed by atoms with Gasteiger partial charge in [0.2, 0.25) is 0 Å². The van der Waals surface area contributed by atoms with Gasteiger partial charge in [0.05, 0.1) is 5.71 Å². The molecular weight excluding hydrogens is 856 g/mol. The Labute approximate surface area is 387 Å². The molecule has 65 heavy (non-hydrogen) atoms. The van der Waals surface area contributed by atoms with Gasteiger partial charge in [0.25, 0.3) is 11.5 Å². The molecule has 0 spiro atoms. The molecule has 2 N–H and O–H groups in total. The van der Waals surface area contributed by atoms with Crippen LogP contribution in [0.1, 0.15) is 92.6 Å². The number of anilines is 1. The molecule has 13 nitrogen and oxygen atoms in total. The van der Waals surface area contributed by atoms with E-state index in [0.29, 0.717) is 34.9 Å². The van der Waals surface area contributed by atoms with E-state index in [0.717, 1.165) is 111 Å². The number of pyridine rings is 2. The zero-order valence-corrected chi connectivity index (χ0v) is 39.2. The summed E-state index contributed by atoms with van der Waals surface area (Å²) in [4.78, 5) is 59.4. The van der Waals surface area contributed by atoms with Gasteiger partial charge in [-0.25, -0.2) is 4.98 Å². The van der Waals surface area contributed by atoms with E-state index in [2.05, 4.69) is 67.8 Å². The number of aromatic amines is 1. The molecule has 334 valence electrons. The van der Waals surface area contributed by atoms with Crippen molar-refractivity contribution in [3.8, 4) is 16.1 Å². The summed E-state index contributed by atoms with van der Waals surface area (Å²) in [6.07, 6.45) is 6.13. The van der Waals surface area contributed by atoms with E-state index in [4.69, 9.17) is 21.6 Å². The highest BCUT2D eigenvalue weighted by Crippen LogP contribution is 2.40. The fourth-order valence-corrected chi connectivity index (χ4v) is 10.5. The van der Waals surface area contributed by atoms with Crippen LogP contribution in [0.2, 0.25) is 5.02 Å². The second-order valence-electron chi connectivity index (χ2n) is 17.2. The molecule has 1 amide bonds. The fourth-order valence-electron chi connectivity index (χ4n) is 9.14. The average molecular weight is 910 g/mol. The minimum Gasteiger partial charge on any atom is -0.354 e. The van der Waals surface area contributed by atoms with Gasteiger partial charge in [0, 0.05) is 126 Å². The number of aliphatic imine (C=N–C) groups is 1. The molecule has 1 atom stereocenters. The van der Waals surface area contributed by atoms with E-state index in [1.165, 1.54) is 4.88 Å². The number of hydrogen-bond acceptors (Lipinski definition) is 10. The summed E-state index contributed by atoms with van der Waals surface area (Å²) in [5.41, 5.74) is 9.45. The number of halogens is 1. The number of thiophene rings is 1. The van der Waals surface area contributed by atoms with Crippen LogP contribution in [-0.2, 0) is 24.8 Å². The van der Waals surface area contributed by atoms with Crippen LogP contribution >= 0.6 is 22.9 Å². The largest absolute Gasteiger partial charge is 0.354 e. The first-order valence-electron chi connectivity index (χ1n) is 22.3. The van der Waals surface area contributed by atoms with Crippen LogP contribution < -0.4 is 15.8 Å². The highest BCUT2D eigenvalue weighted by atomic mass is 35.5. The van der Waals surface area contributed by atoms with E-state index in [9.17, 15) is 14.4 Å². The summed E-state index contributed by atoms with van der Waals surface area (Å²) in [5.74, 6) is 2.24. The highest BCUT2D eigenvalue weighted by molar-refractivity contribution is 7.15. The second-order valence-corrected chi connectivity index (χ2v) is 18.9. The van der Waals surface area contributed by atoms with Gasteiger partial charge in [-0.3, -0.25) is 28.8 Å². The number of fused-ring (bicyclic) bond motifs is 4. The number of nitrogens with zero attached hydrogens (tertiary/aromatic N) is 8. The van der Waals surface area contributed by atoms with Crippen molar-refractivity contribution in [1.82, 2.24) is 39.5 Å². The number of piperazine rings is 1. The summed E-state index contributed by atoms with van der Waals surface area (Å²) >= 11 is 7.99. The molecule has 9 rings (SSSR count). The maximum atomic E-state index is 13.8. The third-order valence-corrected chi connectivity index (χ3v) is 14.3. The summed E-state index contributed by atoms with van der Waals surface area (Å²) in [7, 11) is 1.97. The van der Waals surface area contributed by atoms with Gasteiger partial charge in [0.1, 0.15) is 28.5 Å². The Morgan fingerprint density at radius 1 is 0.938 bits per heavy atom. The van der Waals surface area contributed by atoms with Crippen LogP contribution in [0.4, 0.5) is 5.82 Å². The van der Waals surface area contributed by atoms with Gasteiger partial charge in [0.15, 0.2) is 5.82 Å². The number of rotatable bonds is 13. The number of benzene rings is 2. The Hall–Kier alpha value is -6.22. The van der Waals surface area contributed by atoms with Crippen molar-refractivity contribution in [2.45, 2.75) is 72.9 Å². The lowest BCUT2D eigenvalue weighted by Crippen LogP contribution is -2.47. The highest BCUT2D eigenvalue weighted by Gasteiger charge is 2.33. The number of aromatic nitrogens is 6.